The molecule has 0 fully saturated rings. The predicted octanol–water partition coefficient (Wildman–Crippen LogP) is -0.147. The number of sulfone groups is 1. The largest absolute Gasteiger partial charge is 0.387 e. The molecule has 0 aliphatic rings. The molecule has 1 aromatic heterocycles. The normalized spacial score (nSPS) is 15.5. The standard InChI is InChI=1S/C10H20N4O3S2/c1-10(15,6-14(2)3)5-12-9-7(19(4,16)17)8(11)13-18-9/h12,15H,5-6H2,1-4H3,(H2,11,13). The van der Waals surface area contributed by atoms with Gasteiger partial charge in [0.05, 0.1) is 5.60 Å². The lowest BCUT2D eigenvalue weighted by atomic mass is 10.1. The summed E-state index contributed by atoms with van der Waals surface area (Å²) in [5.41, 5.74) is 4.57. The van der Waals surface area contributed by atoms with E-state index in [9.17, 15) is 13.5 Å². The summed E-state index contributed by atoms with van der Waals surface area (Å²) in [7, 11) is 0.253. The fourth-order valence-corrected chi connectivity index (χ4v) is 3.84. The third kappa shape index (κ3) is 4.60. The number of likely N-dealkylation sites (N-methyl/N-ethyl adjacent to an activating group) is 1. The lowest BCUT2D eigenvalue weighted by Crippen LogP contribution is -2.43. The van der Waals surface area contributed by atoms with E-state index >= 15 is 0 Å². The summed E-state index contributed by atoms with van der Waals surface area (Å²) in [4.78, 5) is 1.85. The molecule has 0 aliphatic heterocycles. The van der Waals surface area contributed by atoms with Crippen LogP contribution in [0.4, 0.5) is 10.8 Å². The zero-order valence-corrected chi connectivity index (χ0v) is 13.1. The molecule has 0 saturated carbocycles. The molecule has 0 radical (unpaired) electrons. The van der Waals surface area contributed by atoms with Crippen LogP contribution in [-0.4, -0.2) is 61.8 Å². The molecule has 1 atom stereocenters. The van der Waals surface area contributed by atoms with Gasteiger partial charge in [0.2, 0.25) is 0 Å². The number of nitrogens with two attached hydrogens (primary N) is 1. The van der Waals surface area contributed by atoms with Crippen molar-refractivity contribution in [1.82, 2.24) is 9.27 Å². The highest BCUT2D eigenvalue weighted by Gasteiger charge is 2.25. The molecule has 7 nitrogen and oxygen atoms in total. The zero-order valence-electron chi connectivity index (χ0n) is 11.5. The van der Waals surface area contributed by atoms with Gasteiger partial charge in [-0.15, -0.1) is 0 Å². The first-order valence-electron chi connectivity index (χ1n) is 5.59. The average molecular weight is 308 g/mol. The molecule has 1 heterocycles. The molecule has 0 spiro atoms. The van der Waals surface area contributed by atoms with Crippen LogP contribution in [0.1, 0.15) is 6.92 Å². The maximum atomic E-state index is 11.6. The van der Waals surface area contributed by atoms with Crippen molar-refractivity contribution in [2.45, 2.75) is 17.4 Å². The molecule has 4 N–H and O–H groups in total. The lowest BCUT2D eigenvalue weighted by Gasteiger charge is -2.27. The van der Waals surface area contributed by atoms with Gasteiger partial charge in [0.25, 0.3) is 0 Å². The molecule has 1 unspecified atom stereocenters. The van der Waals surface area contributed by atoms with Crippen LogP contribution in [0.2, 0.25) is 0 Å². The maximum Gasteiger partial charge on any atom is 0.182 e. The second-order valence-electron chi connectivity index (χ2n) is 5.09. The zero-order chi connectivity index (χ0) is 14.8. The molecular formula is C10H20N4O3S2. The van der Waals surface area contributed by atoms with Gasteiger partial charge in [-0.25, -0.2) is 8.42 Å². The molecule has 0 bridgehead atoms. The Hall–Kier alpha value is -0.900. The highest BCUT2D eigenvalue weighted by molar-refractivity contribution is 7.91. The summed E-state index contributed by atoms with van der Waals surface area (Å²) in [6.07, 6.45) is 1.08. The Labute approximate surface area is 117 Å². The Kier molecular flexibility index (Phi) is 4.77. The Bertz CT molecular complexity index is 537. The summed E-state index contributed by atoms with van der Waals surface area (Å²) in [6, 6.07) is 0. The van der Waals surface area contributed by atoms with Gasteiger partial charge in [-0.3, -0.25) is 0 Å². The molecule has 9 heteroatoms. The van der Waals surface area contributed by atoms with E-state index in [-0.39, 0.29) is 17.3 Å². The summed E-state index contributed by atoms with van der Waals surface area (Å²) in [5, 5.41) is 13.4. The van der Waals surface area contributed by atoms with E-state index in [4.69, 9.17) is 5.73 Å². The number of rotatable bonds is 6. The van der Waals surface area contributed by atoms with E-state index in [0.717, 1.165) is 17.8 Å². The monoisotopic (exact) mass is 308 g/mol. The molecule has 0 saturated heterocycles. The Balaban J connectivity index is 2.85. The summed E-state index contributed by atoms with van der Waals surface area (Å²) < 4.78 is 27.1. The third-order valence-corrected chi connectivity index (χ3v) is 4.43. The number of nitrogens with zero attached hydrogens (tertiary/aromatic N) is 2. The van der Waals surface area contributed by atoms with Gasteiger partial charge < -0.3 is 21.1 Å². The number of nitrogen functional groups attached to an aromatic ring is 1. The van der Waals surface area contributed by atoms with Gasteiger partial charge in [-0.05, 0) is 32.6 Å². The summed E-state index contributed by atoms with van der Waals surface area (Å²) in [6.45, 7) is 2.32. The van der Waals surface area contributed by atoms with E-state index in [2.05, 4.69) is 9.69 Å². The van der Waals surface area contributed by atoms with Crippen molar-refractivity contribution in [3.63, 3.8) is 0 Å². The molecule has 1 rings (SSSR count). The van der Waals surface area contributed by atoms with Crippen LogP contribution < -0.4 is 11.1 Å². The number of hydrogen-bond donors (Lipinski definition) is 3. The Morgan fingerprint density at radius 2 is 2.11 bits per heavy atom. The van der Waals surface area contributed by atoms with E-state index in [1.165, 1.54) is 0 Å². The summed E-state index contributed by atoms with van der Waals surface area (Å²) >= 11 is 0.973. The lowest BCUT2D eigenvalue weighted by molar-refractivity contribution is 0.0460. The van der Waals surface area contributed by atoms with Gasteiger partial charge >= 0.3 is 0 Å². The van der Waals surface area contributed by atoms with Gasteiger partial charge in [-0.2, -0.15) is 4.37 Å². The number of aliphatic hydroxyl groups is 1. The van der Waals surface area contributed by atoms with E-state index in [0.29, 0.717) is 11.5 Å². The van der Waals surface area contributed by atoms with Gasteiger partial charge in [0, 0.05) is 19.3 Å². The van der Waals surface area contributed by atoms with Crippen molar-refractivity contribution < 1.29 is 13.5 Å². The first-order chi connectivity index (χ1) is 8.53. The van der Waals surface area contributed by atoms with Crippen LogP contribution in [0.25, 0.3) is 0 Å². The van der Waals surface area contributed by atoms with Gasteiger partial charge in [-0.1, -0.05) is 0 Å². The fraction of sp³-hybridized carbons (Fsp3) is 0.700. The molecule has 19 heavy (non-hydrogen) atoms. The molecule has 110 valence electrons. The van der Waals surface area contributed by atoms with Gasteiger partial charge in [0.1, 0.15) is 9.90 Å². The molecule has 1 aromatic rings. The van der Waals surface area contributed by atoms with E-state index in [1.54, 1.807) is 6.92 Å². The van der Waals surface area contributed by atoms with Crippen molar-refractivity contribution in [3.8, 4) is 0 Å². The SMILES string of the molecule is CN(C)CC(C)(O)CNc1snc(N)c1S(C)(=O)=O. The van der Waals surface area contributed by atoms with Gasteiger partial charge in [0.15, 0.2) is 15.7 Å². The van der Waals surface area contributed by atoms with Crippen LogP contribution in [0.15, 0.2) is 4.90 Å². The quantitative estimate of drug-likeness (QED) is 0.671. The van der Waals surface area contributed by atoms with Crippen LogP contribution in [-0.2, 0) is 9.84 Å². The van der Waals surface area contributed by atoms with Crippen molar-refractivity contribution >= 4 is 32.2 Å². The first-order valence-corrected chi connectivity index (χ1v) is 8.25. The molecule has 0 amide bonds. The minimum absolute atomic E-state index is 0.00171. The number of aromatic nitrogens is 1. The Morgan fingerprint density at radius 1 is 1.53 bits per heavy atom. The first kappa shape index (κ1) is 16.2. The van der Waals surface area contributed by atoms with Crippen molar-refractivity contribution in [2.24, 2.45) is 0 Å². The van der Waals surface area contributed by atoms with Crippen LogP contribution >= 0.6 is 11.5 Å². The Morgan fingerprint density at radius 3 is 2.58 bits per heavy atom. The van der Waals surface area contributed by atoms with Crippen LogP contribution in [0.5, 0.6) is 0 Å². The van der Waals surface area contributed by atoms with E-state index in [1.807, 2.05) is 19.0 Å². The summed E-state index contributed by atoms with van der Waals surface area (Å²) in [5.74, 6) is -0.0118. The van der Waals surface area contributed by atoms with Crippen molar-refractivity contribution in [3.05, 3.63) is 0 Å². The number of nitrogens with one attached hydrogen (secondary N) is 1. The van der Waals surface area contributed by atoms with E-state index < -0.39 is 15.4 Å². The average Bonchev–Trinajstić information content (AvgIpc) is 2.54. The molecule has 0 aromatic carbocycles. The predicted molar refractivity (Wildman–Crippen MR) is 77.3 cm³/mol. The number of hydrogen-bond acceptors (Lipinski definition) is 8. The smallest absolute Gasteiger partial charge is 0.182 e. The minimum atomic E-state index is -3.44. The van der Waals surface area contributed by atoms with Crippen LogP contribution in [0, 0.1) is 0 Å². The third-order valence-electron chi connectivity index (χ3n) is 2.33. The highest BCUT2D eigenvalue weighted by atomic mass is 32.2. The number of anilines is 2. The van der Waals surface area contributed by atoms with Crippen molar-refractivity contribution in [2.75, 3.05) is 44.5 Å². The van der Waals surface area contributed by atoms with Crippen molar-refractivity contribution in [1.29, 1.82) is 0 Å². The highest BCUT2D eigenvalue weighted by Crippen LogP contribution is 2.31. The van der Waals surface area contributed by atoms with Crippen LogP contribution in [0.3, 0.4) is 0 Å². The molecular weight excluding hydrogens is 288 g/mol. The maximum absolute atomic E-state index is 11.6. The minimum Gasteiger partial charge on any atom is -0.387 e. The second-order valence-corrected chi connectivity index (χ2v) is 7.81. The molecule has 0 aliphatic carbocycles. The fourth-order valence-electron chi connectivity index (χ4n) is 1.77. The second kappa shape index (κ2) is 5.61. The topological polar surface area (TPSA) is 109 Å².